The van der Waals surface area contributed by atoms with E-state index in [-0.39, 0.29) is 11.8 Å². The third kappa shape index (κ3) is 5.13. The predicted molar refractivity (Wildman–Crippen MR) is 106 cm³/mol. The van der Waals surface area contributed by atoms with Gasteiger partial charge in [0.2, 0.25) is 5.91 Å². The molecule has 0 atom stereocenters. The number of carbonyl (C=O) groups is 2. The van der Waals surface area contributed by atoms with Crippen LogP contribution in [0, 0.1) is 5.92 Å². The van der Waals surface area contributed by atoms with E-state index in [4.69, 9.17) is 11.6 Å². The fraction of sp³-hybridized carbons (Fsp3) is 0.600. The van der Waals surface area contributed by atoms with Crippen molar-refractivity contribution in [2.24, 2.45) is 5.92 Å². The maximum absolute atomic E-state index is 12.8. The molecule has 5 nitrogen and oxygen atoms in total. The Morgan fingerprint density at radius 1 is 1.19 bits per heavy atom. The van der Waals surface area contributed by atoms with Crippen LogP contribution in [0.5, 0.6) is 0 Å². The largest absolute Gasteiger partial charge is 0.371 e. The third-order valence-corrected chi connectivity index (χ3v) is 5.37. The van der Waals surface area contributed by atoms with Gasteiger partial charge >= 0.3 is 0 Å². The molecule has 6 heteroatoms. The fourth-order valence-electron chi connectivity index (χ4n) is 3.26. The SMILES string of the molecule is CC1CCN(c2ccc(NC(=O)CCCCl)cc2C(=O)NC2CC2)CC1. The van der Waals surface area contributed by atoms with Crippen molar-refractivity contribution in [3.63, 3.8) is 0 Å². The van der Waals surface area contributed by atoms with E-state index in [1.165, 1.54) is 0 Å². The van der Waals surface area contributed by atoms with Gasteiger partial charge in [-0.2, -0.15) is 0 Å². The summed E-state index contributed by atoms with van der Waals surface area (Å²) in [5, 5.41) is 5.96. The molecule has 1 heterocycles. The lowest BCUT2D eigenvalue weighted by molar-refractivity contribution is -0.116. The lowest BCUT2D eigenvalue weighted by Crippen LogP contribution is -2.35. The van der Waals surface area contributed by atoms with Gasteiger partial charge in [-0.05, 0) is 56.2 Å². The van der Waals surface area contributed by atoms with Crippen LogP contribution in [-0.2, 0) is 4.79 Å². The number of benzene rings is 1. The average Bonchev–Trinajstić information content (AvgIpc) is 3.44. The molecule has 2 amide bonds. The summed E-state index contributed by atoms with van der Waals surface area (Å²) in [4.78, 5) is 27.0. The maximum Gasteiger partial charge on any atom is 0.253 e. The summed E-state index contributed by atoms with van der Waals surface area (Å²) in [6, 6.07) is 5.97. The minimum Gasteiger partial charge on any atom is -0.371 e. The Bertz CT molecular complexity index is 652. The third-order valence-electron chi connectivity index (χ3n) is 5.10. The molecule has 1 saturated carbocycles. The number of halogens is 1. The fourth-order valence-corrected chi connectivity index (χ4v) is 3.40. The number of carbonyl (C=O) groups excluding carboxylic acids is 2. The second kappa shape index (κ2) is 8.76. The van der Waals surface area contributed by atoms with Gasteiger partial charge in [0, 0.05) is 42.8 Å². The van der Waals surface area contributed by atoms with Gasteiger partial charge in [-0.15, -0.1) is 11.6 Å². The molecule has 2 N–H and O–H groups in total. The van der Waals surface area contributed by atoms with Crippen LogP contribution >= 0.6 is 11.6 Å². The number of amides is 2. The van der Waals surface area contributed by atoms with Gasteiger partial charge < -0.3 is 15.5 Å². The van der Waals surface area contributed by atoms with Crippen molar-refractivity contribution in [2.75, 3.05) is 29.2 Å². The van der Waals surface area contributed by atoms with Crippen LogP contribution < -0.4 is 15.5 Å². The number of hydrogen-bond donors (Lipinski definition) is 2. The summed E-state index contributed by atoms with van der Waals surface area (Å²) in [5.41, 5.74) is 2.29. The highest BCUT2D eigenvalue weighted by atomic mass is 35.5. The van der Waals surface area contributed by atoms with E-state index < -0.39 is 0 Å². The lowest BCUT2D eigenvalue weighted by atomic mass is 9.97. The molecule has 142 valence electrons. The highest BCUT2D eigenvalue weighted by Crippen LogP contribution is 2.30. The van der Waals surface area contributed by atoms with Crippen molar-refractivity contribution < 1.29 is 9.59 Å². The summed E-state index contributed by atoms with van der Waals surface area (Å²) in [6.07, 6.45) is 5.42. The number of alkyl halides is 1. The molecule has 0 aromatic heterocycles. The van der Waals surface area contributed by atoms with E-state index >= 15 is 0 Å². The number of anilines is 2. The normalized spacial score (nSPS) is 17.8. The predicted octanol–water partition coefficient (Wildman–Crippen LogP) is 3.77. The lowest BCUT2D eigenvalue weighted by Gasteiger charge is -2.33. The highest BCUT2D eigenvalue weighted by Gasteiger charge is 2.27. The Morgan fingerprint density at radius 2 is 1.92 bits per heavy atom. The second-order valence-corrected chi connectivity index (χ2v) is 7.87. The van der Waals surface area contributed by atoms with E-state index in [0.717, 1.165) is 50.4 Å². The van der Waals surface area contributed by atoms with Crippen molar-refractivity contribution in [3.05, 3.63) is 23.8 Å². The highest BCUT2D eigenvalue weighted by molar-refractivity contribution is 6.18. The number of piperidine rings is 1. The van der Waals surface area contributed by atoms with Crippen molar-refractivity contribution in [2.45, 2.75) is 51.5 Å². The first-order chi connectivity index (χ1) is 12.6. The van der Waals surface area contributed by atoms with Gasteiger partial charge in [-0.25, -0.2) is 0 Å². The molecule has 1 aliphatic heterocycles. The summed E-state index contributed by atoms with van der Waals surface area (Å²) in [5.74, 6) is 1.08. The van der Waals surface area contributed by atoms with Crippen LogP contribution in [0.25, 0.3) is 0 Å². The van der Waals surface area contributed by atoms with Crippen molar-refractivity contribution in [3.8, 4) is 0 Å². The average molecular weight is 378 g/mol. The van der Waals surface area contributed by atoms with Gasteiger partial charge in [0.25, 0.3) is 5.91 Å². The standard InChI is InChI=1S/C20H28ClN3O2/c1-14-8-11-24(12-9-14)18-7-6-16(22-19(25)3-2-10-21)13-17(18)20(26)23-15-4-5-15/h6-7,13-15H,2-5,8-12H2,1H3,(H,22,25)(H,23,26). The molecule has 3 rings (SSSR count). The maximum atomic E-state index is 12.8. The monoisotopic (exact) mass is 377 g/mol. The summed E-state index contributed by atoms with van der Waals surface area (Å²) in [7, 11) is 0. The zero-order valence-corrected chi connectivity index (χ0v) is 16.1. The van der Waals surface area contributed by atoms with Crippen LogP contribution in [0.4, 0.5) is 11.4 Å². The minimum absolute atomic E-state index is 0.0435. The molecule has 0 bridgehead atoms. The zero-order chi connectivity index (χ0) is 18.5. The topological polar surface area (TPSA) is 61.4 Å². The summed E-state index contributed by atoms with van der Waals surface area (Å²) in [6.45, 7) is 4.20. The zero-order valence-electron chi connectivity index (χ0n) is 15.4. The Morgan fingerprint density at radius 3 is 2.58 bits per heavy atom. The number of nitrogens with one attached hydrogen (secondary N) is 2. The second-order valence-electron chi connectivity index (χ2n) is 7.49. The molecule has 26 heavy (non-hydrogen) atoms. The van der Waals surface area contributed by atoms with E-state index in [9.17, 15) is 9.59 Å². The van der Waals surface area contributed by atoms with E-state index in [1.54, 1.807) is 0 Å². The summed E-state index contributed by atoms with van der Waals surface area (Å²) >= 11 is 5.65. The Kier molecular flexibility index (Phi) is 6.41. The van der Waals surface area contributed by atoms with E-state index in [2.05, 4.69) is 22.5 Å². The molecule has 0 radical (unpaired) electrons. The first-order valence-electron chi connectivity index (χ1n) is 9.62. The molecule has 0 spiro atoms. The van der Waals surface area contributed by atoms with Crippen LogP contribution in [0.15, 0.2) is 18.2 Å². The van der Waals surface area contributed by atoms with Gasteiger partial charge in [0.1, 0.15) is 0 Å². The molecule has 1 aromatic rings. The first-order valence-corrected chi connectivity index (χ1v) is 10.2. The minimum atomic E-state index is -0.0706. The van der Waals surface area contributed by atoms with Crippen LogP contribution in [0.3, 0.4) is 0 Å². The molecule has 1 aromatic carbocycles. The van der Waals surface area contributed by atoms with E-state index in [0.29, 0.717) is 36.0 Å². The molecule has 1 saturated heterocycles. The molecule has 0 unspecified atom stereocenters. The van der Waals surface area contributed by atoms with Crippen LogP contribution in [0.2, 0.25) is 0 Å². The Labute approximate surface area is 160 Å². The Hall–Kier alpha value is -1.75. The van der Waals surface area contributed by atoms with Gasteiger partial charge in [-0.1, -0.05) is 6.92 Å². The summed E-state index contributed by atoms with van der Waals surface area (Å²) < 4.78 is 0. The van der Waals surface area contributed by atoms with Crippen molar-refractivity contribution >= 4 is 34.8 Å². The number of rotatable bonds is 7. The Balaban J connectivity index is 1.78. The van der Waals surface area contributed by atoms with Gasteiger partial charge in [0.05, 0.1) is 5.56 Å². The number of hydrogen-bond acceptors (Lipinski definition) is 3. The van der Waals surface area contributed by atoms with Gasteiger partial charge in [-0.3, -0.25) is 9.59 Å². The van der Waals surface area contributed by atoms with Gasteiger partial charge in [0.15, 0.2) is 0 Å². The quantitative estimate of drug-likeness (QED) is 0.711. The molecule has 2 fully saturated rings. The molecule has 1 aliphatic carbocycles. The number of nitrogens with zero attached hydrogens (tertiary/aromatic N) is 1. The van der Waals surface area contributed by atoms with Crippen LogP contribution in [0.1, 0.15) is 55.8 Å². The van der Waals surface area contributed by atoms with E-state index in [1.807, 2.05) is 18.2 Å². The molecular weight excluding hydrogens is 350 g/mol. The smallest absolute Gasteiger partial charge is 0.253 e. The molecular formula is C20H28ClN3O2. The van der Waals surface area contributed by atoms with Crippen molar-refractivity contribution in [1.82, 2.24) is 5.32 Å². The first kappa shape index (κ1) is 19.0. The van der Waals surface area contributed by atoms with Crippen molar-refractivity contribution in [1.29, 1.82) is 0 Å². The van der Waals surface area contributed by atoms with Crippen LogP contribution in [-0.4, -0.2) is 36.8 Å². The molecule has 2 aliphatic rings.